The molecule has 2 aromatic heterocycles. The second kappa shape index (κ2) is 6.63. The maximum absolute atomic E-state index is 14.3. The number of carbonyl (C=O) groups excluding carboxylic acids is 1. The number of aromatic nitrogens is 2. The van der Waals surface area contributed by atoms with Crippen LogP contribution in [0.15, 0.2) is 24.3 Å². The standard InChI is InChI=1S/C20H17FN4OS/c1-11-12(2)27-20(14(11)10-22)23-19(26)18-13-6-5-9-16(13)25(24-18)17-8-4-3-7-15(17)21/h3-4,7-8H,5-6,9H2,1-2H3,(H,23,26). The third-order valence-corrected chi connectivity index (χ3v) is 6.07. The van der Waals surface area contributed by atoms with Crippen LogP contribution in [0.2, 0.25) is 0 Å². The minimum atomic E-state index is -0.377. The quantitative estimate of drug-likeness (QED) is 0.736. The molecule has 0 spiro atoms. The SMILES string of the molecule is Cc1sc(NC(=O)c2nn(-c3ccccc3F)c3c2CCC3)c(C#N)c1C. The molecule has 27 heavy (non-hydrogen) atoms. The molecule has 5 nitrogen and oxygen atoms in total. The second-order valence-electron chi connectivity index (χ2n) is 6.54. The number of rotatable bonds is 3. The van der Waals surface area contributed by atoms with Crippen molar-refractivity contribution >= 4 is 22.2 Å². The van der Waals surface area contributed by atoms with E-state index in [9.17, 15) is 14.4 Å². The van der Waals surface area contributed by atoms with E-state index in [-0.39, 0.29) is 11.7 Å². The van der Waals surface area contributed by atoms with Gasteiger partial charge in [-0.1, -0.05) is 12.1 Å². The van der Waals surface area contributed by atoms with Crippen LogP contribution >= 0.6 is 11.3 Å². The molecule has 0 bridgehead atoms. The maximum atomic E-state index is 14.3. The first-order chi connectivity index (χ1) is 13.0. The van der Waals surface area contributed by atoms with Crippen LogP contribution in [0.25, 0.3) is 5.69 Å². The Hall–Kier alpha value is -2.98. The van der Waals surface area contributed by atoms with Crippen LogP contribution in [-0.2, 0) is 12.8 Å². The molecule has 3 aromatic rings. The number of aryl methyl sites for hydroxylation is 1. The number of nitrogens with zero attached hydrogens (tertiary/aromatic N) is 3. The van der Waals surface area contributed by atoms with Gasteiger partial charge in [0.2, 0.25) is 0 Å². The molecule has 1 N–H and O–H groups in total. The topological polar surface area (TPSA) is 70.7 Å². The largest absolute Gasteiger partial charge is 0.311 e. The van der Waals surface area contributed by atoms with E-state index < -0.39 is 0 Å². The van der Waals surface area contributed by atoms with E-state index in [0.29, 0.717) is 21.9 Å². The van der Waals surface area contributed by atoms with Gasteiger partial charge in [0.25, 0.3) is 5.91 Å². The Morgan fingerprint density at radius 1 is 1.33 bits per heavy atom. The van der Waals surface area contributed by atoms with Crippen molar-refractivity contribution in [3.05, 3.63) is 63.0 Å². The van der Waals surface area contributed by atoms with E-state index in [1.165, 1.54) is 17.4 Å². The van der Waals surface area contributed by atoms with Crippen LogP contribution in [0.3, 0.4) is 0 Å². The molecule has 1 aromatic carbocycles. The van der Waals surface area contributed by atoms with Crippen LogP contribution in [0.4, 0.5) is 9.39 Å². The Morgan fingerprint density at radius 3 is 2.85 bits per heavy atom. The Morgan fingerprint density at radius 2 is 2.11 bits per heavy atom. The number of amides is 1. The van der Waals surface area contributed by atoms with Crippen LogP contribution in [0.5, 0.6) is 0 Å². The minimum Gasteiger partial charge on any atom is -0.311 e. The summed E-state index contributed by atoms with van der Waals surface area (Å²) in [4.78, 5) is 13.9. The zero-order valence-corrected chi connectivity index (χ0v) is 15.8. The Kier molecular flexibility index (Phi) is 4.28. The van der Waals surface area contributed by atoms with Crippen molar-refractivity contribution in [3.8, 4) is 11.8 Å². The van der Waals surface area contributed by atoms with Gasteiger partial charge in [0, 0.05) is 16.1 Å². The molecule has 7 heteroatoms. The smallest absolute Gasteiger partial charge is 0.277 e. The van der Waals surface area contributed by atoms with Crippen molar-refractivity contribution in [1.82, 2.24) is 9.78 Å². The number of benzene rings is 1. The average molecular weight is 380 g/mol. The number of thiophene rings is 1. The van der Waals surface area contributed by atoms with Crippen molar-refractivity contribution in [1.29, 1.82) is 5.26 Å². The third-order valence-electron chi connectivity index (χ3n) is 4.95. The summed E-state index contributed by atoms with van der Waals surface area (Å²) in [5.41, 5.74) is 3.74. The zero-order chi connectivity index (χ0) is 19.1. The molecule has 1 aliphatic rings. The summed E-state index contributed by atoms with van der Waals surface area (Å²) in [6.07, 6.45) is 2.40. The van der Waals surface area contributed by atoms with Crippen LogP contribution in [-0.4, -0.2) is 15.7 Å². The summed E-state index contributed by atoms with van der Waals surface area (Å²) in [5, 5.41) is 17.2. The molecule has 2 heterocycles. The monoisotopic (exact) mass is 380 g/mol. The predicted octanol–water partition coefficient (Wildman–Crippen LogP) is 4.30. The van der Waals surface area contributed by atoms with Gasteiger partial charge in [-0.25, -0.2) is 9.07 Å². The zero-order valence-electron chi connectivity index (χ0n) is 15.0. The summed E-state index contributed by atoms with van der Waals surface area (Å²) in [6, 6.07) is 8.57. The van der Waals surface area contributed by atoms with Crippen molar-refractivity contribution in [2.24, 2.45) is 0 Å². The number of nitriles is 1. The van der Waals surface area contributed by atoms with Gasteiger partial charge in [-0.2, -0.15) is 10.4 Å². The van der Waals surface area contributed by atoms with Gasteiger partial charge in [-0.05, 0) is 50.8 Å². The highest BCUT2D eigenvalue weighted by molar-refractivity contribution is 7.16. The lowest BCUT2D eigenvalue weighted by Crippen LogP contribution is -2.15. The molecular formula is C20H17FN4OS. The van der Waals surface area contributed by atoms with Crippen molar-refractivity contribution in [3.63, 3.8) is 0 Å². The molecule has 136 valence electrons. The fraction of sp³-hybridized carbons (Fsp3) is 0.250. The molecule has 4 rings (SSSR count). The normalized spacial score (nSPS) is 12.7. The highest BCUT2D eigenvalue weighted by Gasteiger charge is 2.28. The van der Waals surface area contributed by atoms with Gasteiger partial charge in [0.05, 0.1) is 5.56 Å². The minimum absolute atomic E-state index is 0.304. The van der Waals surface area contributed by atoms with Gasteiger partial charge >= 0.3 is 0 Å². The Bertz CT molecular complexity index is 1110. The van der Waals surface area contributed by atoms with Gasteiger partial charge in [-0.15, -0.1) is 11.3 Å². The summed E-state index contributed by atoms with van der Waals surface area (Å²) < 4.78 is 15.8. The molecule has 1 aliphatic carbocycles. The van der Waals surface area contributed by atoms with E-state index in [4.69, 9.17) is 0 Å². The second-order valence-corrected chi connectivity index (χ2v) is 7.77. The lowest BCUT2D eigenvalue weighted by Gasteiger charge is -2.06. The first-order valence-corrected chi connectivity index (χ1v) is 9.50. The van der Waals surface area contributed by atoms with Crippen LogP contribution < -0.4 is 5.32 Å². The average Bonchev–Trinajstić information content (AvgIpc) is 3.31. The van der Waals surface area contributed by atoms with Gasteiger partial charge < -0.3 is 5.32 Å². The van der Waals surface area contributed by atoms with E-state index in [1.54, 1.807) is 22.9 Å². The van der Waals surface area contributed by atoms with Crippen molar-refractivity contribution in [2.45, 2.75) is 33.1 Å². The number of halogens is 1. The molecular weight excluding hydrogens is 363 g/mol. The number of fused-ring (bicyclic) bond motifs is 1. The molecule has 0 fully saturated rings. The summed E-state index contributed by atoms with van der Waals surface area (Å²) in [5.74, 6) is -0.737. The Balaban J connectivity index is 1.74. The predicted molar refractivity (Wildman–Crippen MR) is 102 cm³/mol. The molecule has 0 unspecified atom stereocenters. The van der Waals surface area contributed by atoms with Crippen LogP contribution in [0, 0.1) is 31.0 Å². The van der Waals surface area contributed by atoms with E-state index in [2.05, 4.69) is 16.5 Å². The van der Waals surface area contributed by atoms with Crippen molar-refractivity contribution < 1.29 is 9.18 Å². The van der Waals surface area contributed by atoms with E-state index in [1.807, 2.05) is 13.8 Å². The highest BCUT2D eigenvalue weighted by atomic mass is 32.1. The summed E-state index contributed by atoms with van der Waals surface area (Å²) >= 11 is 1.38. The summed E-state index contributed by atoms with van der Waals surface area (Å²) in [6.45, 7) is 3.78. The highest BCUT2D eigenvalue weighted by Crippen LogP contribution is 2.33. The van der Waals surface area contributed by atoms with E-state index >= 15 is 0 Å². The lowest BCUT2D eigenvalue weighted by atomic mass is 10.1. The van der Waals surface area contributed by atoms with Gasteiger partial charge in [0.15, 0.2) is 5.69 Å². The molecule has 0 radical (unpaired) electrons. The van der Waals surface area contributed by atoms with Crippen molar-refractivity contribution in [2.75, 3.05) is 5.32 Å². The van der Waals surface area contributed by atoms with Gasteiger partial charge in [0.1, 0.15) is 22.6 Å². The molecule has 1 amide bonds. The van der Waals surface area contributed by atoms with Gasteiger partial charge in [-0.3, -0.25) is 4.79 Å². The number of carbonyl (C=O) groups is 1. The maximum Gasteiger partial charge on any atom is 0.277 e. The number of anilines is 1. The number of hydrogen-bond donors (Lipinski definition) is 1. The molecule has 0 atom stereocenters. The first-order valence-electron chi connectivity index (χ1n) is 8.68. The Labute approximate surface area is 160 Å². The van der Waals surface area contributed by atoms with E-state index in [0.717, 1.165) is 41.0 Å². The third kappa shape index (κ3) is 2.82. The number of nitrogens with one attached hydrogen (secondary N) is 1. The molecule has 0 aliphatic heterocycles. The number of para-hydroxylation sites is 1. The fourth-order valence-corrected chi connectivity index (χ4v) is 4.46. The molecule has 0 saturated carbocycles. The summed E-state index contributed by atoms with van der Waals surface area (Å²) in [7, 11) is 0. The van der Waals surface area contributed by atoms with Crippen LogP contribution in [0.1, 0.15) is 44.2 Å². The first kappa shape index (κ1) is 17.4. The number of hydrogen-bond acceptors (Lipinski definition) is 4. The lowest BCUT2D eigenvalue weighted by molar-refractivity contribution is 0.102. The molecule has 0 saturated heterocycles. The fourth-order valence-electron chi connectivity index (χ4n) is 3.45.